The minimum Gasteiger partial charge on any atom is -0.497 e. The van der Waals surface area contributed by atoms with Crippen LogP contribution in [0.4, 0.5) is 25.1 Å². The number of halogens is 2. The number of methoxy groups -OCH3 is 2. The van der Waals surface area contributed by atoms with E-state index in [1.165, 1.54) is 32.7 Å². The Morgan fingerprint density at radius 3 is 2.31 bits per heavy atom. The van der Waals surface area contributed by atoms with E-state index >= 15 is 0 Å². The Labute approximate surface area is 163 Å². The van der Waals surface area contributed by atoms with Gasteiger partial charge in [-0.1, -0.05) is 0 Å². The first kappa shape index (κ1) is 19.8. The van der Waals surface area contributed by atoms with Gasteiger partial charge in [0.2, 0.25) is 5.82 Å². The second kappa shape index (κ2) is 8.38. The van der Waals surface area contributed by atoms with Crippen molar-refractivity contribution in [2.75, 3.05) is 24.9 Å². The van der Waals surface area contributed by atoms with Crippen LogP contribution in [0.1, 0.15) is 0 Å². The number of nitrogens with one attached hydrogen (secondary N) is 2. The lowest BCUT2D eigenvalue weighted by molar-refractivity contribution is 0.262. The van der Waals surface area contributed by atoms with Gasteiger partial charge in [0, 0.05) is 42.3 Å². The fraction of sp³-hybridized carbons (Fsp3) is 0.105. The number of hydrogen-bond acceptors (Lipinski definition) is 5. The van der Waals surface area contributed by atoms with Crippen molar-refractivity contribution >= 4 is 17.5 Å². The van der Waals surface area contributed by atoms with E-state index in [4.69, 9.17) is 9.47 Å². The van der Waals surface area contributed by atoms with Crippen molar-refractivity contribution in [2.45, 2.75) is 0 Å². The summed E-state index contributed by atoms with van der Waals surface area (Å²) in [6, 6.07) is 6.98. The van der Waals surface area contributed by atoms with Crippen LogP contribution in [0, 0.1) is 11.6 Å². The third-order valence-corrected chi connectivity index (χ3v) is 3.86. The molecule has 3 aromatic rings. The first-order chi connectivity index (χ1) is 13.9. The number of carbonyl (C=O) groups is 1. The SMILES string of the molecule is COc1cc(NC(=O)Nc2nccn(-c3ccc(F)c(F)c3)c2=O)cc(OC)c1. The zero-order valence-corrected chi connectivity index (χ0v) is 15.4. The first-order valence-corrected chi connectivity index (χ1v) is 8.25. The van der Waals surface area contributed by atoms with E-state index in [9.17, 15) is 18.4 Å². The Morgan fingerprint density at radius 2 is 1.69 bits per heavy atom. The smallest absolute Gasteiger partial charge is 0.325 e. The fourth-order valence-corrected chi connectivity index (χ4v) is 2.48. The van der Waals surface area contributed by atoms with Gasteiger partial charge in [0.25, 0.3) is 5.56 Å². The molecule has 0 fully saturated rings. The van der Waals surface area contributed by atoms with Crippen molar-refractivity contribution in [3.05, 3.63) is 70.8 Å². The summed E-state index contributed by atoms with van der Waals surface area (Å²) in [5.74, 6) is -1.53. The van der Waals surface area contributed by atoms with Crippen LogP contribution in [-0.4, -0.2) is 29.8 Å². The molecule has 0 spiro atoms. The predicted molar refractivity (Wildman–Crippen MR) is 102 cm³/mol. The van der Waals surface area contributed by atoms with Gasteiger partial charge in [0.05, 0.1) is 19.9 Å². The highest BCUT2D eigenvalue weighted by Crippen LogP contribution is 2.25. The lowest BCUT2D eigenvalue weighted by Crippen LogP contribution is -2.28. The van der Waals surface area contributed by atoms with Gasteiger partial charge in [-0.15, -0.1) is 0 Å². The summed E-state index contributed by atoms with van der Waals surface area (Å²) in [4.78, 5) is 28.7. The number of hydrogen-bond donors (Lipinski definition) is 2. The number of urea groups is 1. The summed E-state index contributed by atoms with van der Waals surface area (Å²) in [7, 11) is 2.93. The van der Waals surface area contributed by atoms with Gasteiger partial charge in [0.15, 0.2) is 11.6 Å². The standard InChI is InChI=1S/C19H16F2N4O4/c1-28-13-7-11(8-14(10-13)29-2)23-19(27)24-17-18(26)25(6-5-22-17)12-3-4-15(20)16(21)9-12/h3-10H,1-2H3,(H2,22,23,24,27). The van der Waals surface area contributed by atoms with Crippen LogP contribution in [0.3, 0.4) is 0 Å². The van der Waals surface area contributed by atoms with Crippen LogP contribution in [-0.2, 0) is 0 Å². The molecule has 2 amide bonds. The lowest BCUT2D eigenvalue weighted by Gasteiger charge is -2.11. The Morgan fingerprint density at radius 1 is 1.00 bits per heavy atom. The van der Waals surface area contributed by atoms with Gasteiger partial charge >= 0.3 is 6.03 Å². The number of benzene rings is 2. The van der Waals surface area contributed by atoms with Gasteiger partial charge in [0.1, 0.15) is 11.5 Å². The highest BCUT2D eigenvalue weighted by atomic mass is 19.2. The Balaban J connectivity index is 1.83. The summed E-state index contributed by atoms with van der Waals surface area (Å²) >= 11 is 0. The van der Waals surface area contributed by atoms with Gasteiger partial charge in [-0.05, 0) is 12.1 Å². The molecule has 2 aromatic carbocycles. The number of carbonyl (C=O) groups excluding carboxylic acids is 1. The van der Waals surface area contributed by atoms with E-state index < -0.39 is 23.2 Å². The average molecular weight is 402 g/mol. The Hall–Kier alpha value is -3.95. The predicted octanol–water partition coefficient (Wildman–Crippen LogP) is 3.17. The van der Waals surface area contributed by atoms with E-state index in [0.29, 0.717) is 17.2 Å². The molecule has 10 heteroatoms. The molecule has 29 heavy (non-hydrogen) atoms. The molecule has 0 saturated carbocycles. The molecule has 2 N–H and O–H groups in total. The zero-order chi connectivity index (χ0) is 21.0. The maximum Gasteiger partial charge on any atom is 0.325 e. The van der Waals surface area contributed by atoms with Crippen molar-refractivity contribution in [1.82, 2.24) is 9.55 Å². The minimum absolute atomic E-state index is 0.0808. The normalized spacial score (nSPS) is 10.3. The topological polar surface area (TPSA) is 94.5 Å². The number of anilines is 2. The molecule has 0 bridgehead atoms. The Bertz CT molecular complexity index is 1100. The molecule has 0 saturated heterocycles. The molecule has 0 aliphatic carbocycles. The van der Waals surface area contributed by atoms with Crippen molar-refractivity contribution in [3.63, 3.8) is 0 Å². The fourth-order valence-electron chi connectivity index (χ4n) is 2.48. The Kier molecular flexibility index (Phi) is 5.72. The van der Waals surface area contributed by atoms with E-state index in [2.05, 4.69) is 15.6 Å². The maximum atomic E-state index is 13.5. The second-order valence-corrected chi connectivity index (χ2v) is 5.73. The molecule has 0 aliphatic heterocycles. The molecule has 0 aliphatic rings. The van der Waals surface area contributed by atoms with Crippen LogP contribution in [0.5, 0.6) is 11.5 Å². The van der Waals surface area contributed by atoms with Crippen LogP contribution < -0.4 is 25.7 Å². The number of nitrogens with zero attached hydrogens (tertiary/aromatic N) is 2. The number of aromatic nitrogens is 2. The van der Waals surface area contributed by atoms with Crippen LogP contribution in [0.25, 0.3) is 5.69 Å². The van der Waals surface area contributed by atoms with Crippen molar-refractivity contribution < 1.29 is 23.0 Å². The van der Waals surface area contributed by atoms with Gasteiger partial charge in [-0.25, -0.2) is 18.6 Å². The highest BCUT2D eigenvalue weighted by molar-refractivity contribution is 5.99. The quantitative estimate of drug-likeness (QED) is 0.684. The summed E-state index contributed by atoms with van der Waals surface area (Å²) in [5, 5.41) is 4.86. The second-order valence-electron chi connectivity index (χ2n) is 5.73. The third-order valence-electron chi connectivity index (χ3n) is 3.86. The van der Waals surface area contributed by atoms with E-state index in [-0.39, 0.29) is 11.5 Å². The van der Waals surface area contributed by atoms with Gasteiger partial charge in [-0.3, -0.25) is 14.7 Å². The molecule has 3 rings (SSSR count). The molecule has 150 valence electrons. The van der Waals surface area contributed by atoms with E-state index in [1.807, 2.05) is 0 Å². The van der Waals surface area contributed by atoms with Crippen molar-refractivity contribution in [2.24, 2.45) is 0 Å². The number of amides is 2. The van der Waals surface area contributed by atoms with Crippen LogP contribution >= 0.6 is 0 Å². The molecule has 0 atom stereocenters. The summed E-state index contributed by atoms with van der Waals surface area (Å²) in [6.07, 6.45) is 2.51. The van der Waals surface area contributed by atoms with Crippen LogP contribution in [0.15, 0.2) is 53.6 Å². The van der Waals surface area contributed by atoms with Crippen LogP contribution in [0.2, 0.25) is 0 Å². The molecule has 1 heterocycles. The maximum absolute atomic E-state index is 13.5. The summed E-state index contributed by atoms with van der Waals surface area (Å²) < 4.78 is 37.9. The molecular weight excluding hydrogens is 386 g/mol. The van der Waals surface area contributed by atoms with Gasteiger partial charge in [-0.2, -0.15) is 0 Å². The average Bonchev–Trinajstić information content (AvgIpc) is 2.71. The monoisotopic (exact) mass is 402 g/mol. The minimum atomic E-state index is -1.11. The van der Waals surface area contributed by atoms with E-state index in [1.54, 1.807) is 18.2 Å². The van der Waals surface area contributed by atoms with Gasteiger partial charge < -0.3 is 14.8 Å². The summed E-state index contributed by atoms with van der Waals surface area (Å²) in [5.41, 5.74) is -0.287. The molecule has 0 unspecified atom stereocenters. The zero-order valence-electron chi connectivity index (χ0n) is 15.4. The third kappa shape index (κ3) is 4.49. The molecule has 1 aromatic heterocycles. The van der Waals surface area contributed by atoms with E-state index in [0.717, 1.165) is 16.7 Å². The molecule has 0 radical (unpaired) electrons. The van der Waals surface area contributed by atoms with Crippen molar-refractivity contribution in [1.29, 1.82) is 0 Å². The highest BCUT2D eigenvalue weighted by Gasteiger charge is 2.13. The number of ether oxygens (including phenoxy) is 2. The molecular formula is C19H16F2N4O4. The first-order valence-electron chi connectivity index (χ1n) is 8.25. The summed E-state index contributed by atoms with van der Waals surface area (Å²) in [6.45, 7) is 0. The lowest BCUT2D eigenvalue weighted by atomic mass is 10.3. The molecule has 8 nitrogen and oxygen atoms in total. The largest absolute Gasteiger partial charge is 0.497 e. The number of rotatable bonds is 5. The van der Waals surface area contributed by atoms with Crippen molar-refractivity contribution in [3.8, 4) is 17.2 Å².